The standard InChI is InChI=1S/C10H22O2.C10H20O.3C9H18O.C9H20.2C8H16O2.C8H18.C7H16O/c1-10(2,3)6-9(7-11-4)8-12-5;1-9(2,3)8-10(4)6-5-7-11-10;3*1-9(2,3)7-8-5-4-6-10-8;1-8(2,3)7-9(4,5)6;1-8(2,3)6-7-9-4-5-10-7;1-8(2,3)6-5-7(9)10-4;1-7(2)6-8(3,4)5;1-7(2,3)5-6-8-4/h9H,6-8H2,1-5H3;5-8H2,1-4H3;3*8H,4-7H2,1-3H3;7H2,1-6H3;7H,4-6H2,1-3H3;5-6H2,1-4H3;7H,6H2,1-5H3;5-6H2,1-4H3/t;;2*8-;;;;;;/m..10....../s1. The molecule has 0 bridgehead atoms. The Morgan fingerprint density at radius 2 is 0.755 bits per heavy atom. The van der Waals surface area contributed by atoms with E-state index >= 15 is 0 Å². The van der Waals surface area contributed by atoms with Crippen molar-refractivity contribution in [3.05, 3.63) is 0 Å². The van der Waals surface area contributed by atoms with E-state index in [2.05, 4.69) is 254 Å². The lowest BCUT2D eigenvalue weighted by molar-refractivity contribution is -0.141. The zero-order valence-corrected chi connectivity index (χ0v) is 74.3. The van der Waals surface area contributed by atoms with Crippen LogP contribution >= 0.6 is 0 Å². The molecule has 5 aliphatic rings. The number of hydrogen-bond acceptors (Lipinski definition) is 11. The summed E-state index contributed by atoms with van der Waals surface area (Å²) < 4.78 is 52.6. The highest BCUT2D eigenvalue weighted by Crippen LogP contribution is 2.37. The van der Waals surface area contributed by atoms with Gasteiger partial charge in [0.1, 0.15) is 0 Å². The van der Waals surface area contributed by atoms with Gasteiger partial charge >= 0.3 is 5.97 Å². The SMILES string of the molecule is CC(C)(C)CC(C)(C)C.CC(C)(C)CC1(C)CCCO1.CC(C)(C)CC1CCCO1.CC(C)(C)CC1OCCO1.CC(C)(C)C[C@@H]1CCCO1.CC(C)(C)C[C@H]1CCCO1.CC(C)CC(C)(C)C.COC(=O)CCC(C)(C)C.COCC(COC)CC(C)(C)C.COCCC(C)(C)C. The second kappa shape index (κ2) is 51.4. The van der Waals surface area contributed by atoms with E-state index in [0.717, 1.165) is 91.1 Å². The van der Waals surface area contributed by atoms with Gasteiger partial charge in [-0.1, -0.05) is 242 Å². The van der Waals surface area contributed by atoms with Crippen LogP contribution < -0.4 is 0 Å². The topological polar surface area (TPSA) is 109 Å². The summed E-state index contributed by atoms with van der Waals surface area (Å²) in [5.74, 6) is 1.25. The second-order valence-electron chi connectivity index (χ2n) is 43.2. The molecule has 0 aromatic heterocycles. The molecule has 0 amide bonds. The highest BCUT2D eigenvalue weighted by molar-refractivity contribution is 5.69. The van der Waals surface area contributed by atoms with Gasteiger partial charge in [0.05, 0.1) is 57.5 Å². The highest BCUT2D eigenvalue weighted by atomic mass is 16.7. The molecule has 0 saturated carbocycles. The summed E-state index contributed by atoms with van der Waals surface area (Å²) in [5, 5.41) is 0. The summed E-state index contributed by atoms with van der Waals surface area (Å²) in [5.41, 5.74) is 4.72. The Kier molecular flexibility index (Phi) is 55.4. The summed E-state index contributed by atoms with van der Waals surface area (Å²) in [4.78, 5) is 10.6. The quantitative estimate of drug-likeness (QED) is 0.146. The molecule has 5 rings (SSSR count). The van der Waals surface area contributed by atoms with E-state index in [1.807, 2.05) is 0 Å². The van der Waals surface area contributed by atoms with Crippen molar-refractivity contribution in [1.82, 2.24) is 0 Å². The predicted molar refractivity (Wildman–Crippen MR) is 427 cm³/mol. The van der Waals surface area contributed by atoms with Crippen molar-refractivity contribution >= 4 is 5.97 Å². The van der Waals surface area contributed by atoms with Crippen molar-refractivity contribution in [2.24, 2.45) is 71.4 Å². The number of carbonyl (C=O) groups excluding carboxylic acids is 1. The first-order valence-electron chi connectivity index (χ1n) is 39.1. The van der Waals surface area contributed by atoms with E-state index in [9.17, 15) is 4.79 Å². The maximum absolute atomic E-state index is 10.6. The molecule has 5 aliphatic heterocycles. The van der Waals surface area contributed by atoms with Gasteiger partial charge in [-0.25, -0.2) is 0 Å². The third kappa shape index (κ3) is 89.3. The minimum Gasteiger partial charge on any atom is -0.469 e. The van der Waals surface area contributed by atoms with E-state index < -0.39 is 0 Å². The number of rotatable bonds is 15. The van der Waals surface area contributed by atoms with Crippen LogP contribution in [0.15, 0.2) is 0 Å². The Balaban J connectivity index is -0.000000328. The lowest BCUT2D eigenvalue weighted by atomic mass is 9.78. The Morgan fingerprint density at radius 1 is 0.398 bits per heavy atom. The molecule has 0 N–H and O–H groups in total. The summed E-state index contributed by atoms with van der Waals surface area (Å²) in [6.07, 6.45) is 24.0. The third-order valence-electron chi connectivity index (χ3n) is 15.4. The van der Waals surface area contributed by atoms with E-state index in [4.69, 9.17) is 42.6 Å². The molecule has 2 unspecified atom stereocenters. The lowest BCUT2D eigenvalue weighted by Crippen LogP contribution is -2.29. The first kappa shape index (κ1) is 106. The van der Waals surface area contributed by atoms with Crippen LogP contribution in [0.2, 0.25) is 0 Å². The van der Waals surface area contributed by atoms with Crippen LogP contribution in [-0.4, -0.2) is 124 Å². The van der Waals surface area contributed by atoms with E-state index in [1.54, 1.807) is 21.3 Å². The molecule has 11 heteroatoms. The molecule has 0 radical (unpaired) electrons. The number of carbonyl (C=O) groups is 1. The van der Waals surface area contributed by atoms with Gasteiger partial charge < -0.3 is 47.4 Å². The van der Waals surface area contributed by atoms with Gasteiger partial charge in [0, 0.05) is 73.1 Å². The first-order valence-corrected chi connectivity index (χ1v) is 39.1. The van der Waals surface area contributed by atoms with Crippen molar-refractivity contribution in [2.45, 2.75) is 401 Å². The van der Waals surface area contributed by atoms with Crippen LogP contribution in [0.25, 0.3) is 0 Å². The molecular weight excluding hydrogens is 1220 g/mol. The van der Waals surface area contributed by atoms with Gasteiger partial charge in [0.15, 0.2) is 6.29 Å². The lowest BCUT2D eigenvalue weighted by Gasteiger charge is -2.31. The second-order valence-corrected chi connectivity index (χ2v) is 43.2. The first-order chi connectivity index (χ1) is 43.9. The zero-order valence-electron chi connectivity index (χ0n) is 74.3. The Bertz CT molecular complexity index is 1670. The largest absolute Gasteiger partial charge is 0.469 e. The molecule has 4 atom stereocenters. The van der Waals surface area contributed by atoms with Crippen molar-refractivity contribution < 1.29 is 52.2 Å². The predicted octanol–water partition coefficient (Wildman–Crippen LogP) is 25.5. The van der Waals surface area contributed by atoms with Crippen LogP contribution in [0.3, 0.4) is 0 Å². The molecule has 5 heterocycles. The smallest absolute Gasteiger partial charge is 0.305 e. The zero-order chi connectivity index (χ0) is 77.9. The molecule has 0 spiro atoms. The maximum atomic E-state index is 10.6. The van der Waals surface area contributed by atoms with Gasteiger partial charge in [-0.05, 0) is 182 Å². The van der Waals surface area contributed by atoms with E-state index in [-0.39, 0.29) is 23.3 Å². The van der Waals surface area contributed by atoms with Crippen LogP contribution in [0.4, 0.5) is 0 Å². The number of ether oxygens (including phenoxy) is 10. The van der Waals surface area contributed by atoms with E-state index in [1.165, 1.54) is 97.0 Å². The normalized spacial score (nSPS) is 20.2. The van der Waals surface area contributed by atoms with Crippen LogP contribution in [0, 0.1) is 71.4 Å². The molecule has 0 aliphatic carbocycles. The monoisotopic (exact) mass is 1400 g/mol. The fourth-order valence-electron chi connectivity index (χ4n) is 12.9. The maximum Gasteiger partial charge on any atom is 0.305 e. The summed E-state index contributed by atoms with van der Waals surface area (Å²) in [7, 11) is 6.65. The molecule has 11 nitrogen and oxygen atoms in total. The van der Waals surface area contributed by atoms with Crippen molar-refractivity contribution in [1.29, 1.82) is 0 Å². The van der Waals surface area contributed by atoms with Crippen LogP contribution in [-0.2, 0) is 52.2 Å². The highest BCUT2D eigenvalue weighted by Gasteiger charge is 2.34. The van der Waals surface area contributed by atoms with Crippen LogP contribution in [0.1, 0.15) is 371 Å². The van der Waals surface area contributed by atoms with E-state index in [0.29, 0.717) is 84.8 Å². The summed E-state index contributed by atoms with van der Waals surface area (Å²) in [6, 6.07) is 0. The third-order valence-corrected chi connectivity index (χ3v) is 15.4. The van der Waals surface area contributed by atoms with Crippen molar-refractivity contribution in [3.8, 4) is 0 Å². The van der Waals surface area contributed by atoms with Crippen molar-refractivity contribution in [2.75, 3.05) is 87.9 Å². The molecule has 5 fully saturated rings. The Morgan fingerprint density at radius 3 is 0.949 bits per heavy atom. The Labute approximate surface area is 615 Å². The molecule has 596 valence electrons. The molecular formula is C87H182O11. The fraction of sp³-hybridized carbons (Fsp3) is 0.989. The minimum absolute atomic E-state index is 0.0556. The molecule has 98 heavy (non-hydrogen) atoms. The number of esters is 1. The summed E-state index contributed by atoms with van der Waals surface area (Å²) in [6.45, 7) is 88.9. The Hall–Kier alpha value is -0.890. The van der Waals surface area contributed by atoms with Gasteiger partial charge in [-0.15, -0.1) is 0 Å². The van der Waals surface area contributed by atoms with Gasteiger partial charge in [-0.3, -0.25) is 4.79 Å². The fourth-order valence-corrected chi connectivity index (χ4v) is 12.9. The number of methoxy groups -OCH3 is 4. The molecule has 5 saturated heterocycles. The molecule has 0 aromatic carbocycles. The minimum atomic E-state index is -0.116. The average Bonchev–Trinajstić information content (AvgIpc) is 1.65. The van der Waals surface area contributed by atoms with Gasteiger partial charge in [0.25, 0.3) is 0 Å². The van der Waals surface area contributed by atoms with Crippen LogP contribution in [0.5, 0.6) is 0 Å². The molecule has 0 aromatic rings. The van der Waals surface area contributed by atoms with Gasteiger partial charge in [-0.2, -0.15) is 0 Å². The number of hydrogen-bond donors (Lipinski definition) is 0. The van der Waals surface area contributed by atoms with Crippen molar-refractivity contribution in [3.63, 3.8) is 0 Å². The average molecular weight is 1400 g/mol. The summed E-state index contributed by atoms with van der Waals surface area (Å²) >= 11 is 0. The van der Waals surface area contributed by atoms with Gasteiger partial charge in [0.2, 0.25) is 0 Å².